The number of allylic oxidation sites excluding steroid dienone is 4. The summed E-state index contributed by atoms with van der Waals surface area (Å²) in [5, 5.41) is 2.97. The van der Waals surface area contributed by atoms with Gasteiger partial charge < -0.3 is 10.1 Å². The van der Waals surface area contributed by atoms with Crippen molar-refractivity contribution >= 4 is 11.7 Å². The van der Waals surface area contributed by atoms with E-state index in [-0.39, 0.29) is 40.4 Å². The highest BCUT2D eigenvalue weighted by atomic mass is 16.5. The second-order valence-electron chi connectivity index (χ2n) is 11.0. The summed E-state index contributed by atoms with van der Waals surface area (Å²) in [5.41, 5.74) is 1.88. The van der Waals surface area contributed by atoms with Gasteiger partial charge in [0.25, 0.3) is 5.91 Å². The molecule has 0 spiro atoms. The van der Waals surface area contributed by atoms with Crippen LogP contribution >= 0.6 is 0 Å². The van der Waals surface area contributed by atoms with E-state index in [1.54, 1.807) is 13.2 Å². The van der Waals surface area contributed by atoms with Gasteiger partial charge in [0, 0.05) is 25.4 Å². The van der Waals surface area contributed by atoms with Crippen LogP contribution in [0.15, 0.2) is 34.9 Å². The lowest BCUT2D eigenvalue weighted by atomic mass is 9.52. The zero-order chi connectivity index (χ0) is 23.1. The molecule has 4 nitrogen and oxygen atoms in total. The Morgan fingerprint density at radius 3 is 2.58 bits per heavy atom. The van der Waals surface area contributed by atoms with Crippen LogP contribution in [-0.4, -0.2) is 24.5 Å². The van der Waals surface area contributed by atoms with Crippen LogP contribution < -0.4 is 5.32 Å². The molecule has 172 valence electrons. The Kier molecular flexibility index (Phi) is 6.72. The number of methoxy groups -OCH3 is 1. The van der Waals surface area contributed by atoms with E-state index in [1.165, 1.54) is 11.1 Å². The predicted octanol–water partition coefficient (Wildman–Crippen LogP) is 5.60. The van der Waals surface area contributed by atoms with Gasteiger partial charge in [0.15, 0.2) is 11.5 Å². The van der Waals surface area contributed by atoms with Crippen molar-refractivity contribution < 1.29 is 14.3 Å². The largest absolute Gasteiger partial charge is 0.355 e. The first-order valence-corrected chi connectivity index (χ1v) is 11.9. The van der Waals surface area contributed by atoms with Crippen LogP contribution in [0.5, 0.6) is 0 Å². The van der Waals surface area contributed by atoms with Crippen molar-refractivity contribution in [3.05, 3.63) is 34.9 Å². The lowest BCUT2D eigenvalue weighted by Gasteiger charge is -2.52. The molecule has 2 aliphatic carbocycles. The zero-order valence-corrected chi connectivity index (χ0v) is 20.7. The van der Waals surface area contributed by atoms with Gasteiger partial charge >= 0.3 is 0 Å². The summed E-state index contributed by atoms with van der Waals surface area (Å²) in [5.74, 6) is 0.777. The van der Waals surface area contributed by atoms with Crippen molar-refractivity contribution in [2.75, 3.05) is 7.11 Å². The van der Waals surface area contributed by atoms with Crippen LogP contribution in [0, 0.1) is 35.0 Å². The molecular weight excluding hydrogens is 386 g/mol. The fraction of sp³-hybridized carbons (Fsp3) is 0.704. The number of hydrogen-bond acceptors (Lipinski definition) is 3. The highest BCUT2D eigenvalue weighted by Crippen LogP contribution is 2.56. The summed E-state index contributed by atoms with van der Waals surface area (Å²) >= 11 is 0. The average Bonchev–Trinajstić information content (AvgIpc) is 3.00. The molecule has 3 rings (SSSR count). The first kappa shape index (κ1) is 24.0. The van der Waals surface area contributed by atoms with E-state index in [0.717, 1.165) is 19.3 Å². The van der Waals surface area contributed by atoms with Crippen molar-refractivity contribution in [3.8, 4) is 0 Å². The van der Waals surface area contributed by atoms with E-state index in [2.05, 4.69) is 59.0 Å². The van der Waals surface area contributed by atoms with Crippen molar-refractivity contribution in [2.24, 2.45) is 35.0 Å². The normalized spacial score (nSPS) is 38.5. The molecule has 31 heavy (non-hydrogen) atoms. The average molecular weight is 428 g/mol. The second-order valence-corrected chi connectivity index (χ2v) is 11.0. The van der Waals surface area contributed by atoms with E-state index >= 15 is 0 Å². The van der Waals surface area contributed by atoms with Gasteiger partial charge in [0.05, 0.1) is 5.57 Å². The van der Waals surface area contributed by atoms with E-state index in [9.17, 15) is 9.59 Å². The SMILES string of the molecule is C/C=C(\C)[C@@H]1C(C)=C[C@]2(C)C[C@H](C)CC[C@H]2[C@@H]1C(=O)C1=C[C@](CC(C)C)(OC)NC1=O. The van der Waals surface area contributed by atoms with Crippen molar-refractivity contribution in [1.82, 2.24) is 5.32 Å². The molecule has 1 aliphatic heterocycles. The number of amides is 1. The Morgan fingerprint density at radius 2 is 2.00 bits per heavy atom. The number of carbonyl (C=O) groups excluding carboxylic acids is 2. The lowest BCUT2D eigenvalue weighted by Crippen LogP contribution is -2.48. The minimum atomic E-state index is -0.884. The molecule has 0 radical (unpaired) electrons. The Balaban J connectivity index is 2.08. The number of fused-ring (bicyclic) bond motifs is 1. The Bertz CT molecular complexity index is 835. The molecule has 6 atom stereocenters. The molecule has 0 bridgehead atoms. The highest BCUT2D eigenvalue weighted by molar-refractivity contribution is 6.22. The molecule has 1 amide bonds. The Morgan fingerprint density at radius 1 is 1.32 bits per heavy atom. The summed E-state index contributed by atoms with van der Waals surface area (Å²) in [6.07, 6.45) is 10.2. The van der Waals surface area contributed by atoms with E-state index < -0.39 is 5.72 Å². The van der Waals surface area contributed by atoms with Gasteiger partial charge in [0.2, 0.25) is 0 Å². The highest BCUT2D eigenvalue weighted by Gasteiger charge is 2.53. The van der Waals surface area contributed by atoms with Crippen LogP contribution in [0.2, 0.25) is 0 Å². The van der Waals surface area contributed by atoms with Crippen LogP contribution in [0.25, 0.3) is 0 Å². The topological polar surface area (TPSA) is 55.4 Å². The van der Waals surface area contributed by atoms with Crippen molar-refractivity contribution in [1.29, 1.82) is 0 Å². The number of Topliss-reactive ketones (excluding diaryl/α,β-unsaturated/α-hetero) is 1. The van der Waals surface area contributed by atoms with E-state index in [0.29, 0.717) is 18.3 Å². The van der Waals surface area contributed by atoms with Crippen molar-refractivity contribution in [3.63, 3.8) is 0 Å². The number of ether oxygens (including phenoxy) is 1. The molecular formula is C27H41NO3. The summed E-state index contributed by atoms with van der Waals surface area (Å²) in [6, 6.07) is 0. The maximum absolute atomic E-state index is 14.1. The molecule has 1 saturated carbocycles. The van der Waals surface area contributed by atoms with Gasteiger partial charge in [0.1, 0.15) is 0 Å². The first-order chi connectivity index (χ1) is 14.5. The minimum Gasteiger partial charge on any atom is -0.355 e. The summed E-state index contributed by atoms with van der Waals surface area (Å²) in [7, 11) is 1.60. The fourth-order valence-corrected chi connectivity index (χ4v) is 6.70. The quantitative estimate of drug-likeness (QED) is 0.443. The third-order valence-electron chi connectivity index (χ3n) is 7.98. The molecule has 1 fully saturated rings. The first-order valence-electron chi connectivity index (χ1n) is 11.9. The Labute approximate surface area is 188 Å². The predicted molar refractivity (Wildman–Crippen MR) is 125 cm³/mol. The monoisotopic (exact) mass is 427 g/mol. The van der Waals surface area contributed by atoms with Gasteiger partial charge in [-0.05, 0) is 62.9 Å². The maximum Gasteiger partial charge on any atom is 0.257 e. The molecule has 3 aliphatic rings. The van der Waals surface area contributed by atoms with Crippen LogP contribution in [0.4, 0.5) is 0 Å². The van der Waals surface area contributed by atoms with Crippen LogP contribution in [0.3, 0.4) is 0 Å². The lowest BCUT2D eigenvalue weighted by molar-refractivity contribution is -0.129. The standard InChI is InChI=1S/C27H41NO3/c1-9-18(5)22-19(6)14-26(7)13-17(4)10-11-21(26)23(22)24(29)20-15-27(31-8,12-16(2)3)28-25(20)30/h9,14-17,21-23H,10-13H2,1-8H3,(H,28,30)/b18-9+/t17-,21+,22-,23+,26+,27+/m1/s1. The molecule has 0 saturated heterocycles. The van der Waals surface area contributed by atoms with Gasteiger partial charge in [-0.25, -0.2) is 0 Å². The molecule has 0 aromatic rings. The number of nitrogens with one attached hydrogen (secondary N) is 1. The molecule has 0 aromatic carbocycles. The third kappa shape index (κ3) is 4.33. The number of rotatable bonds is 6. The smallest absolute Gasteiger partial charge is 0.257 e. The zero-order valence-electron chi connectivity index (χ0n) is 20.7. The number of ketones is 1. The van der Waals surface area contributed by atoms with Gasteiger partial charge in [-0.3, -0.25) is 9.59 Å². The van der Waals surface area contributed by atoms with Gasteiger partial charge in [-0.15, -0.1) is 0 Å². The van der Waals surface area contributed by atoms with Crippen LogP contribution in [-0.2, 0) is 14.3 Å². The second kappa shape index (κ2) is 8.69. The molecule has 1 N–H and O–H groups in total. The van der Waals surface area contributed by atoms with E-state index in [1.807, 2.05) is 6.92 Å². The summed E-state index contributed by atoms with van der Waals surface area (Å²) < 4.78 is 5.72. The van der Waals surface area contributed by atoms with E-state index in [4.69, 9.17) is 4.74 Å². The molecule has 0 aromatic heterocycles. The minimum absolute atomic E-state index is 0.00147. The number of hydrogen-bond donors (Lipinski definition) is 1. The molecule has 1 heterocycles. The third-order valence-corrected chi connectivity index (χ3v) is 7.98. The maximum atomic E-state index is 14.1. The fourth-order valence-electron chi connectivity index (χ4n) is 6.70. The van der Waals surface area contributed by atoms with Gasteiger partial charge in [-0.2, -0.15) is 0 Å². The van der Waals surface area contributed by atoms with Gasteiger partial charge in [-0.1, -0.05) is 57.4 Å². The number of carbonyl (C=O) groups is 2. The van der Waals surface area contributed by atoms with Crippen LogP contribution in [0.1, 0.15) is 74.1 Å². The summed E-state index contributed by atoms with van der Waals surface area (Å²) in [6.45, 7) is 15.2. The van der Waals surface area contributed by atoms with Crippen molar-refractivity contribution in [2.45, 2.75) is 79.9 Å². The molecule has 4 heteroatoms. The molecule has 0 unspecified atom stereocenters. The summed E-state index contributed by atoms with van der Waals surface area (Å²) in [4.78, 5) is 27.1. The Hall–Kier alpha value is -1.68.